The highest BCUT2D eigenvalue weighted by Gasteiger charge is 2.53. The Balaban J connectivity index is 0.000000139. The zero-order valence-electron chi connectivity index (χ0n) is 69.2. The maximum atomic E-state index is 6.66. The molecular weight excluding hydrogens is 1560 g/mol. The fraction of sp³-hybridized carbons (Fsp3) is 0.0167. The third-order valence-corrected chi connectivity index (χ3v) is 26.3. The topological polar surface area (TPSA) is 95.8 Å². The van der Waals surface area contributed by atoms with E-state index in [4.69, 9.17) is 39.4 Å². The van der Waals surface area contributed by atoms with Crippen LogP contribution in [0.2, 0.25) is 0 Å². The lowest BCUT2D eigenvalue weighted by Crippen LogP contribution is -2.32. The highest BCUT2D eigenvalue weighted by molar-refractivity contribution is 6.16. The fourth-order valence-electron chi connectivity index (χ4n) is 20.5. The van der Waals surface area contributed by atoms with Crippen LogP contribution in [0.3, 0.4) is 0 Å². The van der Waals surface area contributed by atoms with E-state index in [1.165, 1.54) is 49.9 Å². The first-order valence-electron chi connectivity index (χ1n) is 43.5. The van der Waals surface area contributed by atoms with Gasteiger partial charge < -0.3 is 9.47 Å². The maximum absolute atomic E-state index is 6.66. The maximum Gasteiger partial charge on any atom is 0.160 e. The summed E-state index contributed by atoms with van der Waals surface area (Å²) >= 11 is 0. The standard InChI is InChI=1S/2C60H37N3O/c1-4-17-38(18-5-1)41-23-16-24-42(33-41)53-37-54(63-59(62-53)40-21-8-3-9-22-40)43-31-32-45-46-36-52-47(35-48(46)58(61-55(45)34-43)39-19-6-2-7-20-39)44-25-10-11-26-49(44)60(52)50-27-12-14-29-56(50)64-57-30-15-13-28-51(57)60;1-4-16-39(17-5-1)53-37-54(63-59(62-53)42-20-8-3-9-21-42)40-30-28-38(29-31-40)43-32-33-45-46-36-52-47(35-48(46)58(61-55(45)34-43)41-18-6-2-7-19-41)44-22-10-11-23-49(44)60(52)50-24-12-14-26-56(50)64-57-27-15-13-25-51(57)60/h2*1-37H. The van der Waals surface area contributed by atoms with Gasteiger partial charge in [0.15, 0.2) is 11.6 Å². The van der Waals surface area contributed by atoms with Crippen molar-refractivity contribution in [2.45, 2.75) is 10.8 Å². The van der Waals surface area contributed by atoms with E-state index >= 15 is 0 Å². The Morgan fingerprint density at radius 2 is 0.445 bits per heavy atom. The number of ether oxygens (including phenoxy) is 2. The predicted octanol–water partition coefficient (Wildman–Crippen LogP) is 30.0. The van der Waals surface area contributed by atoms with Crippen molar-refractivity contribution >= 4 is 43.4 Å². The molecule has 2 aliphatic carbocycles. The van der Waals surface area contributed by atoms with E-state index in [1.54, 1.807) is 0 Å². The van der Waals surface area contributed by atoms with Crippen LogP contribution in [-0.4, -0.2) is 29.9 Å². The first-order chi connectivity index (χ1) is 63.4. The van der Waals surface area contributed by atoms with Gasteiger partial charge in [-0.3, -0.25) is 0 Å². The zero-order chi connectivity index (χ0) is 84.4. The number of aromatic nitrogens is 6. The van der Waals surface area contributed by atoms with Gasteiger partial charge >= 0.3 is 0 Å². The van der Waals surface area contributed by atoms with Crippen molar-refractivity contribution in [2.75, 3.05) is 0 Å². The van der Waals surface area contributed by atoms with Crippen molar-refractivity contribution < 1.29 is 9.47 Å². The molecule has 18 aromatic carbocycles. The van der Waals surface area contributed by atoms with Crippen LogP contribution in [0.1, 0.15) is 44.5 Å². The minimum atomic E-state index is -0.586. The van der Waals surface area contributed by atoms with Crippen LogP contribution in [0.15, 0.2) is 449 Å². The lowest BCUT2D eigenvalue weighted by atomic mass is 9.66. The first kappa shape index (κ1) is 73.8. The van der Waals surface area contributed by atoms with Crippen molar-refractivity contribution in [1.82, 2.24) is 29.9 Å². The number of hydrogen-bond donors (Lipinski definition) is 0. The Morgan fingerprint density at radius 3 is 0.875 bits per heavy atom. The third-order valence-electron chi connectivity index (χ3n) is 26.3. The molecule has 0 fully saturated rings. The van der Waals surface area contributed by atoms with Crippen molar-refractivity contribution in [3.8, 4) is 158 Å². The molecule has 0 amide bonds. The molecule has 4 aliphatic rings. The zero-order valence-corrected chi connectivity index (χ0v) is 69.2. The number of fused-ring (bicyclic) bond motifs is 24. The van der Waals surface area contributed by atoms with Gasteiger partial charge in [0, 0.05) is 88.3 Å². The van der Waals surface area contributed by atoms with Crippen LogP contribution in [0.25, 0.3) is 178 Å². The van der Waals surface area contributed by atoms with Crippen molar-refractivity contribution in [2.24, 2.45) is 0 Å². The van der Waals surface area contributed by atoms with E-state index in [1.807, 2.05) is 60.7 Å². The van der Waals surface area contributed by atoms with Crippen LogP contribution < -0.4 is 9.47 Å². The quantitative estimate of drug-likeness (QED) is 0.125. The van der Waals surface area contributed by atoms with E-state index < -0.39 is 10.8 Å². The SMILES string of the molecule is c1ccc(-c2cc(-c3ccc(-c4ccc5c(c4)nc(-c4ccccc4)c4cc6c(cc45)C4(c5ccccc5Oc5ccccc54)c4ccccc4-6)cc3)nc(-c3ccccc3)n2)cc1.c1ccc(-c2cccc(-c3cc(-c4ccc5c(c4)nc(-c4ccccc4)c4cc6c(cc45)C4(c5ccccc5Oc5ccccc54)c4ccccc4-6)nc(-c4ccccc4)n3)c2)cc1. The predicted molar refractivity (Wildman–Crippen MR) is 519 cm³/mol. The van der Waals surface area contributed by atoms with Crippen LogP contribution >= 0.6 is 0 Å². The number of pyridine rings is 2. The minimum Gasteiger partial charge on any atom is -0.457 e. The van der Waals surface area contributed by atoms with E-state index in [2.05, 4.69) is 388 Å². The Bertz CT molecular complexity index is 8080. The molecule has 0 N–H and O–H groups in total. The molecule has 22 aromatic rings. The lowest BCUT2D eigenvalue weighted by molar-refractivity contribution is 0.436. The van der Waals surface area contributed by atoms with E-state index in [0.29, 0.717) is 11.6 Å². The van der Waals surface area contributed by atoms with Crippen LogP contribution in [0, 0.1) is 0 Å². The number of rotatable bonds is 10. The summed E-state index contributed by atoms with van der Waals surface area (Å²) in [7, 11) is 0. The van der Waals surface area contributed by atoms with E-state index in [9.17, 15) is 0 Å². The van der Waals surface area contributed by atoms with E-state index in [0.717, 1.165) is 184 Å². The summed E-state index contributed by atoms with van der Waals surface area (Å²) in [5, 5.41) is 6.75. The summed E-state index contributed by atoms with van der Waals surface area (Å²) in [6, 6.07) is 159. The number of benzene rings is 18. The van der Waals surface area contributed by atoms with Crippen molar-refractivity contribution in [3.63, 3.8) is 0 Å². The second-order valence-electron chi connectivity index (χ2n) is 33.3. The smallest absolute Gasteiger partial charge is 0.160 e. The largest absolute Gasteiger partial charge is 0.457 e. The van der Waals surface area contributed by atoms with Gasteiger partial charge in [0.1, 0.15) is 23.0 Å². The lowest BCUT2D eigenvalue weighted by Gasteiger charge is -2.39. The Hall–Kier alpha value is -16.9. The molecular formula is C120H74N6O2. The monoisotopic (exact) mass is 1630 g/mol. The summed E-state index contributed by atoms with van der Waals surface area (Å²) in [5.74, 6) is 4.91. The molecule has 6 heterocycles. The molecule has 26 rings (SSSR count). The molecule has 0 saturated carbocycles. The molecule has 0 bridgehead atoms. The normalized spacial score (nSPS) is 12.9. The third kappa shape index (κ3) is 11.9. The van der Waals surface area contributed by atoms with Gasteiger partial charge in [-0.15, -0.1) is 0 Å². The van der Waals surface area contributed by atoms with Gasteiger partial charge in [0.05, 0.1) is 56.0 Å². The van der Waals surface area contributed by atoms with Gasteiger partial charge in [0.25, 0.3) is 0 Å². The van der Waals surface area contributed by atoms with Crippen LogP contribution in [0.5, 0.6) is 23.0 Å². The fourth-order valence-corrected chi connectivity index (χ4v) is 20.5. The van der Waals surface area contributed by atoms with Crippen molar-refractivity contribution in [1.29, 1.82) is 0 Å². The molecule has 8 nitrogen and oxygen atoms in total. The van der Waals surface area contributed by atoms with E-state index in [-0.39, 0.29) is 0 Å². The van der Waals surface area contributed by atoms with Crippen LogP contribution in [0.4, 0.5) is 0 Å². The summed E-state index contributed by atoms with van der Waals surface area (Å²) in [4.78, 5) is 31.6. The summed E-state index contributed by atoms with van der Waals surface area (Å²) < 4.78 is 13.3. The molecule has 128 heavy (non-hydrogen) atoms. The van der Waals surface area contributed by atoms with Gasteiger partial charge in [0.2, 0.25) is 0 Å². The minimum absolute atomic E-state index is 0.566. The van der Waals surface area contributed by atoms with Crippen molar-refractivity contribution in [3.05, 3.63) is 493 Å². The molecule has 2 aliphatic heterocycles. The summed E-state index contributed by atoms with van der Waals surface area (Å²) in [5.41, 5.74) is 33.2. The second-order valence-corrected chi connectivity index (χ2v) is 33.3. The molecule has 0 radical (unpaired) electrons. The number of nitrogens with zero attached hydrogens (tertiary/aromatic N) is 6. The number of hydrogen-bond acceptors (Lipinski definition) is 8. The highest BCUT2D eigenvalue weighted by atomic mass is 16.5. The molecule has 0 atom stereocenters. The van der Waals surface area contributed by atoms with Gasteiger partial charge in [-0.05, 0) is 156 Å². The van der Waals surface area contributed by atoms with Crippen LogP contribution in [-0.2, 0) is 10.8 Å². The molecule has 4 aromatic heterocycles. The molecule has 8 heteroatoms. The van der Waals surface area contributed by atoms with Gasteiger partial charge in [-0.2, -0.15) is 0 Å². The summed E-state index contributed by atoms with van der Waals surface area (Å²) in [6.07, 6.45) is 0. The van der Waals surface area contributed by atoms with Gasteiger partial charge in [-0.25, -0.2) is 29.9 Å². The highest BCUT2D eigenvalue weighted by Crippen LogP contribution is 2.65. The Kier molecular flexibility index (Phi) is 17.3. The average Bonchev–Trinajstić information content (AvgIpc) is 1.57. The Labute approximate surface area is 739 Å². The molecule has 0 unspecified atom stereocenters. The molecule has 0 saturated heterocycles. The molecule has 2 spiro atoms. The number of para-hydroxylation sites is 4. The Morgan fingerprint density at radius 1 is 0.156 bits per heavy atom. The second kappa shape index (κ2) is 30.0. The first-order valence-corrected chi connectivity index (χ1v) is 43.5. The van der Waals surface area contributed by atoms with Gasteiger partial charge in [-0.1, -0.05) is 370 Å². The summed E-state index contributed by atoms with van der Waals surface area (Å²) in [6.45, 7) is 0. The average molecular weight is 1630 g/mol. The molecule has 596 valence electrons.